The molecule has 0 aromatic rings. The minimum atomic E-state index is -0.0961. The minimum Gasteiger partial charge on any atom is -0.372 e. The van der Waals surface area contributed by atoms with Gasteiger partial charge in [-0.25, -0.2) is 0 Å². The minimum absolute atomic E-state index is 0.0698. The van der Waals surface area contributed by atoms with Gasteiger partial charge in [0.1, 0.15) is 6.61 Å². The number of nitrogens with one attached hydrogen (secondary N) is 1. The van der Waals surface area contributed by atoms with Gasteiger partial charge < -0.3 is 15.0 Å². The molecule has 0 bridgehead atoms. The van der Waals surface area contributed by atoms with E-state index in [1.807, 2.05) is 6.92 Å². The second kappa shape index (κ2) is 6.48. The van der Waals surface area contributed by atoms with Gasteiger partial charge in [-0.1, -0.05) is 6.92 Å². The van der Waals surface area contributed by atoms with Crippen LogP contribution in [0.15, 0.2) is 0 Å². The third-order valence-electron chi connectivity index (χ3n) is 2.57. The van der Waals surface area contributed by atoms with Crippen molar-refractivity contribution in [1.29, 1.82) is 0 Å². The number of carbonyl (C=O) groups excluding carboxylic acids is 2. The van der Waals surface area contributed by atoms with E-state index < -0.39 is 0 Å². The van der Waals surface area contributed by atoms with Gasteiger partial charge in [-0.05, 0) is 12.8 Å². The summed E-state index contributed by atoms with van der Waals surface area (Å²) in [5.41, 5.74) is 0. The monoisotopic (exact) mass is 228 g/mol. The van der Waals surface area contributed by atoms with Crippen LogP contribution in [0.1, 0.15) is 26.2 Å². The maximum absolute atomic E-state index is 11.4. The number of nitrogens with zero attached hydrogens (tertiary/aromatic N) is 1. The molecule has 1 saturated heterocycles. The van der Waals surface area contributed by atoms with Gasteiger partial charge in [0.15, 0.2) is 0 Å². The van der Waals surface area contributed by atoms with Crippen molar-refractivity contribution in [2.24, 2.45) is 0 Å². The molecule has 92 valence electrons. The van der Waals surface area contributed by atoms with Crippen LogP contribution < -0.4 is 5.32 Å². The molecule has 1 heterocycles. The molecule has 0 radical (unpaired) electrons. The van der Waals surface area contributed by atoms with Gasteiger partial charge in [-0.3, -0.25) is 9.59 Å². The van der Waals surface area contributed by atoms with Gasteiger partial charge in [0, 0.05) is 32.7 Å². The lowest BCUT2D eigenvalue weighted by Gasteiger charge is -2.30. The van der Waals surface area contributed by atoms with Crippen LogP contribution in [0.25, 0.3) is 0 Å². The Morgan fingerprint density at radius 1 is 1.62 bits per heavy atom. The Bertz CT molecular complexity index is 256. The number of carbonyl (C=O) groups is 2. The molecule has 0 aliphatic carbocycles. The van der Waals surface area contributed by atoms with Crippen LogP contribution >= 0.6 is 0 Å². The van der Waals surface area contributed by atoms with Crippen LogP contribution in [0.4, 0.5) is 0 Å². The number of hydrogen-bond donors (Lipinski definition) is 1. The Morgan fingerprint density at radius 2 is 2.38 bits per heavy atom. The van der Waals surface area contributed by atoms with E-state index in [4.69, 9.17) is 4.74 Å². The Hall–Kier alpha value is -1.10. The molecule has 1 aliphatic heterocycles. The zero-order valence-electron chi connectivity index (χ0n) is 9.99. The van der Waals surface area contributed by atoms with Crippen molar-refractivity contribution < 1.29 is 14.3 Å². The highest BCUT2D eigenvalue weighted by Gasteiger charge is 2.23. The van der Waals surface area contributed by atoms with E-state index in [1.54, 1.807) is 11.9 Å². The zero-order valence-corrected chi connectivity index (χ0v) is 9.99. The summed E-state index contributed by atoms with van der Waals surface area (Å²) in [6.45, 7) is 3.32. The average molecular weight is 228 g/mol. The summed E-state index contributed by atoms with van der Waals surface area (Å²) in [5.74, 6) is 0.0499. The van der Waals surface area contributed by atoms with Crippen molar-refractivity contribution >= 4 is 11.8 Å². The van der Waals surface area contributed by atoms with Gasteiger partial charge in [0.25, 0.3) is 0 Å². The van der Waals surface area contributed by atoms with Crippen molar-refractivity contribution in [3.05, 3.63) is 0 Å². The molecule has 5 heteroatoms. The van der Waals surface area contributed by atoms with E-state index in [1.165, 1.54) is 0 Å². The summed E-state index contributed by atoms with van der Waals surface area (Å²) in [6, 6.07) is 0.0698. The fourth-order valence-corrected chi connectivity index (χ4v) is 1.71. The second-order valence-electron chi connectivity index (χ2n) is 4.13. The quantitative estimate of drug-likeness (QED) is 0.681. The molecular formula is C11H20N2O3. The van der Waals surface area contributed by atoms with Crippen molar-refractivity contribution in [1.82, 2.24) is 10.2 Å². The molecule has 0 aromatic heterocycles. The van der Waals surface area contributed by atoms with E-state index >= 15 is 0 Å². The number of hydrogen-bond acceptors (Lipinski definition) is 3. The molecule has 1 N–H and O–H groups in total. The van der Waals surface area contributed by atoms with Gasteiger partial charge in [0.2, 0.25) is 11.8 Å². The van der Waals surface area contributed by atoms with E-state index in [0.717, 1.165) is 12.8 Å². The van der Waals surface area contributed by atoms with Crippen molar-refractivity contribution in [2.75, 3.05) is 26.8 Å². The number of ether oxygens (including phenoxy) is 1. The number of rotatable bonds is 5. The first-order chi connectivity index (χ1) is 7.63. The fourth-order valence-electron chi connectivity index (χ4n) is 1.71. The lowest BCUT2D eigenvalue weighted by Crippen LogP contribution is -2.49. The van der Waals surface area contributed by atoms with Crippen molar-refractivity contribution in [3.8, 4) is 0 Å². The Kier molecular flexibility index (Phi) is 5.25. The van der Waals surface area contributed by atoms with Crippen LogP contribution in [0, 0.1) is 0 Å². The number of likely N-dealkylation sites (tertiary alicyclic amines) is 1. The number of likely N-dealkylation sites (N-methyl/N-ethyl adjacent to an activating group) is 1. The Balaban J connectivity index is 2.21. The summed E-state index contributed by atoms with van der Waals surface area (Å²) in [4.78, 5) is 24.3. The summed E-state index contributed by atoms with van der Waals surface area (Å²) in [6.07, 6.45) is 2.15. The number of piperidine rings is 1. The van der Waals surface area contributed by atoms with E-state index in [9.17, 15) is 9.59 Å². The Labute approximate surface area is 96.1 Å². The van der Waals surface area contributed by atoms with Gasteiger partial charge in [-0.15, -0.1) is 0 Å². The van der Waals surface area contributed by atoms with Crippen LogP contribution in [-0.2, 0) is 14.3 Å². The number of amides is 2. The average Bonchev–Trinajstić information content (AvgIpc) is 2.24. The smallest absolute Gasteiger partial charge is 0.246 e. The van der Waals surface area contributed by atoms with Crippen molar-refractivity contribution in [2.45, 2.75) is 32.2 Å². The SMILES string of the molecule is CCCOCC(=O)N[C@@H]1CCC(=O)N(C)C1. The largest absolute Gasteiger partial charge is 0.372 e. The van der Waals surface area contributed by atoms with E-state index in [2.05, 4.69) is 5.32 Å². The highest BCUT2D eigenvalue weighted by atomic mass is 16.5. The third-order valence-corrected chi connectivity index (χ3v) is 2.57. The Morgan fingerprint density at radius 3 is 3.00 bits per heavy atom. The van der Waals surface area contributed by atoms with Gasteiger partial charge in [-0.2, -0.15) is 0 Å². The maximum Gasteiger partial charge on any atom is 0.246 e. The molecule has 5 nitrogen and oxygen atoms in total. The molecule has 0 aromatic carbocycles. The predicted octanol–water partition coefficient (Wildman–Crippen LogP) is 0.150. The molecular weight excluding hydrogens is 208 g/mol. The fraction of sp³-hybridized carbons (Fsp3) is 0.818. The van der Waals surface area contributed by atoms with E-state index in [-0.39, 0.29) is 24.5 Å². The first-order valence-corrected chi connectivity index (χ1v) is 5.74. The first kappa shape index (κ1) is 13.0. The molecule has 1 atom stereocenters. The molecule has 2 amide bonds. The maximum atomic E-state index is 11.4. The highest BCUT2D eigenvalue weighted by Crippen LogP contribution is 2.09. The van der Waals surface area contributed by atoms with Crippen LogP contribution in [0.5, 0.6) is 0 Å². The topological polar surface area (TPSA) is 58.6 Å². The van der Waals surface area contributed by atoms with E-state index in [0.29, 0.717) is 19.6 Å². The second-order valence-corrected chi connectivity index (χ2v) is 4.13. The molecule has 1 rings (SSSR count). The molecule has 0 spiro atoms. The lowest BCUT2D eigenvalue weighted by atomic mass is 10.1. The first-order valence-electron chi connectivity index (χ1n) is 5.74. The highest BCUT2D eigenvalue weighted by molar-refractivity contribution is 5.79. The molecule has 0 saturated carbocycles. The van der Waals surface area contributed by atoms with Crippen LogP contribution in [-0.4, -0.2) is 49.6 Å². The summed E-state index contributed by atoms with van der Waals surface area (Å²) in [7, 11) is 1.76. The van der Waals surface area contributed by atoms with Crippen LogP contribution in [0.3, 0.4) is 0 Å². The predicted molar refractivity (Wildman–Crippen MR) is 59.9 cm³/mol. The molecule has 0 unspecified atom stereocenters. The molecule has 1 fully saturated rings. The summed E-state index contributed by atoms with van der Waals surface area (Å²) >= 11 is 0. The summed E-state index contributed by atoms with van der Waals surface area (Å²) in [5, 5.41) is 2.87. The van der Waals surface area contributed by atoms with Crippen molar-refractivity contribution in [3.63, 3.8) is 0 Å². The van der Waals surface area contributed by atoms with Gasteiger partial charge in [0.05, 0.1) is 0 Å². The lowest BCUT2D eigenvalue weighted by molar-refractivity contribution is -0.134. The van der Waals surface area contributed by atoms with Gasteiger partial charge >= 0.3 is 0 Å². The normalized spacial score (nSPS) is 21.0. The zero-order chi connectivity index (χ0) is 12.0. The third kappa shape index (κ3) is 4.18. The molecule has 1 aliphatic rings. The molecule has 16 heavy (non-hydrogen) atoms. The van der Waals surface area contributed by atoms with Crippen LogP contribution in [0.2, 0.25) is 0 Å². The summed E-state index contributed by atoms with van der Waals surface area (Å²) < 4.78 is 5.14. The standard InChI is InChI=1S/C11H20N2O3/c1-3-6-16-8-10(14)12-9-4-5-11(15)13(2)7-9/h9H,3-8H2,1-2H3,(H,12,14)/t9-/m1/s1.